The van der Waals surface area contributed by atoms with Gasteiger partial charge in [0.15, 0.2) is 5.75 Å². The molecule has 17 nitrogen and oxygen atoms in total. The van der Waals surface area contributed by atoms with E-state index in [1.165, 1.54) is 6.07 Å². The number of piperazine rings is 1. The van der Waals surface area contributed by atoms with Crippen molar-refractivity contribution in [3.05, 3.63) is 131 Å². The maximum Gasteiger partial charge on any atom is 0.319 e. The van der Waals surface area contributed by atoms with Gasteiger partial charge in [0.05, 0.1) is 35.9 Å². The number of hydrogen-bond donors (Lipinski definition) is 3. The molecule has 5 unspecified atom stereocenters. The zero-order chi connectivity index (χ0) is 56.3. The Balaban J connectivity index is 0.000000326. The van der Waals surface area contributed by atoms with Gasteiger partial charge in [0, 0.05) is 85.9 Å². The minimum Gasteiger partial charge on any atom is -0.508 e. The van der Waals surface area contributed by atoms with Crippen molar-refractivity contribution in [1.82, 2.24) is 50.5 Å². The number of nitrogens with one attached hydrogen (secondary N) is 2. The predicted molar refractivity (Wildman–Crippen MR) is 310 cm³/mol. The van der Waals surface area contributed by atoms with Crippen LogP contribution in [0.25, 0.3) is 55.3 Å². The second-order valence-corrected chi connectivity index (χ2v) is 22.2. The summed E-state index contributed by atoms with van der Waals surface area (Å²) in [5, 5.41) is 29.1. The van der Waals surface area contributed by atoms with Crippen LogP contribution in [-0.2, 0) is 27.4 Å². The SMILES string of the molecule is CC(NC=O)c1ccc(-c2cnccc2Cl)cc1.CCc1c(F)ccc2cc(O)cc(-c3ncc4c(N5CC6CC5CN6)nc(OC5CCOCC5)nc4c3OCc3ccc(-c4cn(C(C(=O)N5CCCC5C)C(C)C)nn4)cc3)c12. The third kappa shape index (κ3) is 11.6. The summed E-state index contributed by atoms with van der Waals surface area (Å²) < 4.78 is 36.3. The number of benzene rings is 4. The van der Waals surface area contributed by atoms with Gasteiger partial charge in [-0.15, -0.1) is 5.10 Å². The Bertz CT molecular complexity index is 3560. The summed E-state index contributed by atoms with van der Waals surface area (Å²) in [4.78, 5) is 47.6. The molecule has 3 N–H and O–H groups in total. The molecule has 2 amide bonds. The zero-order valence-corrected chi connectivity index (χ0v) is 46.9. The number of amides is 2. The van der Waals surface area contributed by atoms with Gasteiger partial charge in [-0.05, 0) is 103 Å². The van der Waals surface area contributed by atoms with E-state index in [0.717, 1.165) is 85.4 Å². The molecule has 8 heterocycles. The van der Waals surface area contributed by atoms with Gasteiger partial charge < -0.3 is 39.8 Å². The molecule has 4 saturated heterocycles. The lowest BCUT2D eigenvalue weighted by Crippen LogP contribution is -2.44. The number of carbonyl (C=O) groups is 2. The van der Waals surface area contributed by atoms with E-state index in [2.05, 4.69) is 37.8 Å². The summed E-state index contributed by atoms with van der Waals surface area (Å²) in [5.41, 5.74) is 7.32. The molecule has 19 heteroatoms. The first-order valence-electron chi connectivity index (χ1n) is 28.1. The van der Waals surface area contributed by atoms with Gasteiger partial charge in [-0.3, -0.25) is 19.6 Å². The van der Waals surface area contributed by atoms with Gasteiger partial charge in [-0.2, -0.15) is 9.97 Å². The smallest absolute Gasteiger partial charge is 0.319 e. The minimum atomic E-state index is -0.444. The van der Waals surface area contributed by atoms with Crippen LogP contribution in [0.3, 0.4) is 0 Å². The van der Waals surface area contributed by atoms with E-state index >= 15 is 4.39 Å². The van der Waals surface area contributed by atoms with Crippen LogP contribution < -0.4 is 25.0 Å². The number of rotatable bonds is 16. The first kappa shape index (κ1) is 55.1. The molecular formula is C62H67ClFN11O6. The fourth-order valence-corrected chi connectivity index (χ4v) is 12.0. The number of ether oxygens (including phenoxy) is 3. The highest BCUT2D eigenvalue weighted by atomic mass is 35.5. The van der Waals surface area contributed by atoms with E-state index < -0.39 is 6.04 Å². The Morgan fingerprint density at radius 1 is 0.988 bits per heavy atom. The molecule has 4 aromatic heterocycles. The number of anilines is 1. The van der Waals surface area contributed by atoms with Gasteiger partial charge in [-0.25, -0.2) is 9.07 Å². The molecule has 0 saturated carbocycles. The van der Waals surface area contributed by atoms with E-state index in [9.17, 15) is 14.7 Å². The van der Waals surface area contributed by atoms with E-state index in [1.54, 1.807) is 47.5 Å². The maximum atomic E-state index is 15.6. The molecule has 81 heavy (non-hydrogen) atoms. The maximum absolute atomic E-state index is 15.6. The standard InChI is InChI=1S/C48H54FN9O5.C14H13ClN2O/c1-5-36-39(49)13-12-31-19-34(59)21-37(41(31)36)42-45(43-38(23-51-42)46(57-24-32-20-33(57)22-50-32)53-48(52-43)63-35-14-17-61-18-15-35)62-26-29-8-10-30(11-9-29)40-25-58(55-54-40)44(27(2)3)47(60)56-16-6-7-28(56)4;1-10(17-9-18)11-2-4-12(5-3-11)13-8-16-7-6-14(13)15/h8-13,19,21,23,25,27-28,32-33,35,44,50,59H,5-7,14-18,20,22,24,26H2,1-4H3;2-10H,1H3,(H,17,18). The van der Waals surface area contributed by atoms with Gasteiger partial charge in [0.1, 0.15) is 53.0 Å². The second kappa shape index (κ2) is 24.1. The molecule has 4 aromatic carbocycles. The summed E-state index contributed by atoms with van der Waals surface area (Å²) in [5.74, 6) is 0.912. The molecule has 4 aliphatic rings. The highest BCUT2D eigenvalue weighted by Crippen LogP contribution is 2.45. The van der Waals surface area contributed by atoms with Crippen molar-refractivity contribution in [3.63, 3.8) is 0 Å². The summed E-state index contributed by atoms with van der Waals surface area (Å²) in [6.45, 7) is 13.8. The summed E-state index contributed by atoms with van der Waals surface area (Å²) in [7, 11) is 0. The van der Waals surface area contributed by atoms with Gasteiger partial charge in [-0.1, -0.05) is 92.2 Å². The Kier molecular flexibility index (Phi) is 16.4. The molecule has 5 atom stereocenters. The van der Waals surface area contributed by atoms with E-state index in [4.69, 9.17) is 40.8 Å². The van der Waals surface area contributed by atoms with Crippen LogP contribution in [0, 0.1) is 11.7 Å². The van der Waals surface area contributed by atoms with Crippen molar-refractivity contribution >= 4 is 51.4 Å². The summed E-state index contributed by atoms with van der Waals surface area (Å²) in [6, 6.07) is 24.6. The molecular weight excluding hydrogens is 1050 g/mol. The molecule has 2 bridgehead atoms. The highest BCUT2D eigenvalue weighted by molar-refractivity contribution is 6.33. The second-order valence-electron chi connectivity index (χ2n) is 21.8. The number of phenolic OH excluding ortho intramolecular Hbond substituents is 1. The molecule has 12 rings (SSSR count). The molecule has 4 aliphatic heterocycles. The first-order valence-corrected chi connectivity index (χ1v) is 28.5. The fraction of sp³-hybridized carbons (Fsp3) is 0.387. The van der Waals surface area contributed by atoms with E-state index in [-0.39, 0.29) is 60.2 Å². The number of aryl methyl sites for hydroxylation is 1. The van der Waals surface area contributed by atoms with Crippen molar-refractivity contribution in [2.24, 2.45) is 5.92 Å². The Morgan fingerprint density at radius 3 is 2.47 bits per heavy atom. The van der Waals surface area contributed by atoms with E-state index in [0.29, 0.717) is 87.0 Å². The lowest BCUT2D eigenvalue weighted by molar-refractivity contribution is -0.137. The number of likely N-dealkylation sites (tertiary alicyclic amines) is 1. The van der Waals surface area contributed by atoms with Crippen LogP contribution in [0.15, 0.2) is 104 Å². The monoisotopic (exact) mass is 1120 g/mol. The number of nitrogens with zero attached hydrogens (tertiary/aromatic N) is 9. The Hall–Kier alpha value is -7.80. The van der Waals surface area contributed by atoms with Crippen molar-refractivity contribution in [2.75, 3.05) is 37.7 Å². The zero-order valence-electron chi connectivity index (χ0n) is 46.2. The van der Waals surface area contributed by atoms with Crippen LogP contribution in [0.4, 0.5) is 10.2 Å². The van der Waals surface area contributed by atoms with E-state index in [1.807, 2.05) is 87.3 Å². The van der Waals surface area contributed by atoms with Crippen molar-refractivity contribution in [1.29, 1.82) is 0 Å². The van der Waals surface area contributed by atoms with Crippen LogP contribution in [0.5, 0.6) is 17.5 Å². The van der Waals surface area contributed by atoms with Gasteiger partial charge in [0.2, 0.25) is 12.3 Å². The number of hydrogen-bond acceptors (Lipinski definition) is 14. The van der Waals surface area contributed by atoms with Crippen LogP contribution in [-0.4, -0.2) is 114 Å². The summed E-state index contributed by atoms with van der Waals surface area (Å²) in [6.07, 6.45) is 12.5. The number of aromatic hydroxyl groups is 1. The number of phenols is 1. The Labute approximate surface area is 475 Å². The normalized spacial score (nSPS) is 18.7. The van der Waals surface area contributed by atoms with Crippen molar-refractivity contribution in [3.8, 4) is 51.2 Å². The predicted octanol–water partition coefficient (Wildman–Crippen LogP) is 10.6. The average molecular weight is 1120 g/mol. The van der Waals surface area contributed by atoms with Crippen LogP contribution in [0.2, 0.25) is 5.02 Å². The quantitative estimate of drug-likeness (QED) is 0.0773. The molecule has 0 radical (unpaired) electrons. The fourth-order valence-electron chi connectivity index (χ4n) is 11.8. The van der Waals surface area contributed by atoms with Gasteiger partial charge >= 0.3 is 6.01 Å². The van der Waals surface area contributed by atoms with Crippen molar-refractivity contribution < 1.29 is 33.3 Å². The Morgan fingerprint density at radius 2 is 1.78 bits per heavy atom. The topological polar surface area (TPSA) is 195 Å². The van der Waals surface area contributed by atoms with Gasteiger partial charge in [0.25, 0.3) is 0 Å². The number of fused-ring (bicyclic) bond motifs is 4. The number of aromatic nitrogens is 7. The number of carbonyl (C=O) groups excluding carboxylic acids is 2. The van der Waals surface area contributed by atoms with Crippen LogP contribution >= 0.6 is 11.6 Å². The first-order chi connectivity index (χ1) is 39.3. The molecule has 0 spiro atoms. The lowest BCUT2D eigenvalue weighted by Gasteiger charge is -2.30. The number of halogens is 2. The molecule has 0 aliphatic carbocycles. The molecule has 420 valence electrons. The largest absolute Gasteiger partial charge is 0.508 e. The molecule has 8 aromatic rings. The third-order valence-corrected chi connectivity index (χ3v) is 16.5. The number of pyridine rings is 2. The lowest BCUT2D eigenvalue weighted by atomic mass is 9.94. The molecule has 4 fully saturated rings. The average Bonchev–Trinajstić information content (AvgIpc) is 4.38. The minimum absolute atomic E-state index is 0.000852. The summed E-state index contributed by atoms with van der Waals surface area (Å²) >= 11 is 6.11. The van der Waals surface area contributed by atoms with Crippen LogP contribution in [0.1, 0.15) is 95.5 Å². The highest BCUT2D eigenvalue weighted by Gasteiger charge is 2.40. The van der Waals surface area contributed by atoms with Crippen molar-refractivity contribution in [2.45, 2.75) is 116 Å². The third-order valence-electron chi connectivity index (χ3n) is 16.1.